The Morgan fingerprint density at radius 2 is 1.52 bits per heavy atom. The molecule has 0 aliphatic heterocycles. The fourth-order valence-electron chi connectivity index (χ4n) is 1.74. The first-order chi connectivity index (χ1) is 11.7. The molecule has 0 bridgehead atoms. The van der Waals surface area contributed by atoms with Crippen LogP contribution in [0, 0.1) is 0 Å². The smallest absolute Gasteiger partial charge is 0.337 e. The summed E-state index contributed by atoms with van der Waals surface area (Å²) in [7, 11) is 2.93. The van der Waals surface area contributed by atoms with E-state index < -0.39 is 11.9 Å². The highest BCUT2D eigenvalue weighted by Gasteiger charge is 2.13. The van der Waals surface area contributed by atoms with Gasteiger partial charge in [0.2, 0.25) is 0 Å². The lowest BCUT2D eigenvalue weighted by Crippen LogP contribution is -2.04. The first-order valence-electron chi connectivity index (χ1n) is 6.63. The van der Waals surface area contributed by atoms with Crippen molar-refractivity contribution in [3.63, 3.8) is 0 Å². The van der Waals surface area contributed by atoms with Gasteiger partial charge in [0, 0.05) is 8.95 Å². The van der Waals surface area contributed by atoms with Crippen LogP contribution in [0.3, 0.4) is 0 Å². The Morgan fingerprint density at radius 3 is 2.00 bits per heavy atom. The van der Waals surface area contributed by atoms with Crippen LogP contribution in [-0.2, 0) is 0 Å². The van der Waals surface area contributed by atoms with Gasteiger partial charge in [-0.25, -0.2) is 9.59 Å². The van der Waals surface area contributed by atoms with Crippen molar-refractivity contribution >= 4 is 49.5 Å². The first kappa shape index (κ1) is 20.8. The van der Waals surface area contributed by atoms with Gasteiger partial charge in [0.15, 0.2) is 0 Å². The molecule has 0 fully saturated rings. The molecule has 134 valence electrons. The van der Waals surface area contributed by atoms with E-state index in [0.717, 1.165) is 0 Å². The number of nitrogens with two attached hydrogens (primary N) is 1. The lowest BCUT2D eigenvalue weighted by molar-refractivity contribution is 0.0686. The third-order valence-corrected chi connectivity index (χ3v) is 3.83. The van der Waals surface area contributed by atoms with E-state index in [9.17, 15) is 9.59 Å². The summed E-state index contributed by atoms with van der Waals surface area (Å²) in [5, 5.41) is 17.4. The normalized spacial score (nSPS) is 9.60. The predicted octanol–water partition coefficient (Wildman–Crippen LogP) is 3.89. The predicted molar refractivity (Wildman–Crippen MR) is 99.7 cm³/mol. The average molecular weight is 477 g/mol. The number of halogens is 2. The molecule has 25 heavy (non-hydrogen) atoms. The minimum Gasteiger partial charge on any atom is -0.497 e. The van der Waals surface area contributed by atoms with Crippen LogP contribution in [0.5, 0.6) is 11.5 Å². The molecule has 0 saturated heterocycles. The van der Waals surface area contributed by atoms with Gasteiger partial charge in [-0.2, -0.15) is 0 Å². The van der Waals surface area contributed by atoms with E-state index in [0.29, 0.717) is 20.4 Å². The first-order valence-corrected chi connectivity index (χ1v) is 8.22. The Labute approximate surface area is 160 Å². The third kappa shape index (κ3) is 5.95. The quantitative estimate of drug-likeness (QED) is 0.572. The Hall–Kier alpha value is -2.26. The summed E-state index contributed by atoms with van der Waals surface area (Å²) in [4.78, 5) is 21.2. The molecule has 0 saturated carbocycles. The maximum absolute atomic E-state index is 10.7. The highest BCUT2D eigenvalue weighted by molar-refractivity contribution is 9.10. The molecule has 9 heteroatoms. The highest BCUT2D eigenvalue weighted by Crippen LogP contribution is 2.29. The van der Waals surface area contributed by atoms with Crippen molar-refractivity contribution in [2.45, 2.75) is 0 Å². The number of hydrogen-bond donors (Lipinski definition) is 3. The molecule has 0 heterocycles. The molecule has 2 rings (SSSR count). The van der Waals surface area contributed by atoms with E-state index in [1.807, 2.05) is 0 Å². The molecule has 0 aromatic heterocycles. The largest absolute Gasteiger partial charge is 0.497 e. The standard InChI is InChI=1S/C8H8BrNO3.C8H7BrO3/c1-13-6-3-4(9)2-5(7(6)10)8(11)12;1-12-7-3-5(8(10)11)2-6(9)4-7/h2-3H,10H2,1H3,(H,11,12);2-4H,1H3,(H,10,11). The van der Waals surface area contributed by atoms with Crippen molar-refractivity contribution in [1.82, 2.24) is 0 Å². The van der Waals surface area contributed by atoms with Crippen LogP contribution < -0.4 is 15.2 Å². The van der Waals surface area contributed by atoms with E-state index in [1.165, 1.54) is 32.4 Å². The summed E-state index contributed by atoms with van der Waals surface area (Å²) < 4.78 is 11.1. The number of benzene rings is 2. The fourth-order valence-corrected chi connectivity index (χ4v) is 2.65. The lowest BCUT2D eigenvalue weighted by Gasteiger charge is -2.07. The van der Waals surface area contributed by atoms with Crippen LogP contribution in [-0.4, -0.2) is 36.4 Å². The van der Waals surface area contributed by atoms with Crippen LogP contribution in [0.15, 0.2) is 39.3 Å². The molecule has 0 radical (unpaired) electrons. The van der Waals surface area contributed by atoms with Crippen LogP contribution in [0.1, 0.15) is 20.7 Å². The maximum atomic E-state index is 10.7. The molecule has 4 N–H and O–H groups in total. The highest BCUT2D eigenvalue weighted by atomic mass is 79.9. The summed E-state index contributed by atoms with van der Waals surface area (Å²) in [6.45, 7) is 0. The lowest BCUT2D eigenvalue weighted by atomic mass is 10.1. The zero-order valence-electron chi connectivity index (χ0n) is 13.2. The number of anilines is 1. The van der Waals surface area contributed by atoms with E-state index in [1.54, 1.807) is 12.1 Å². The van der Waals surface area contributed by atoms with Crippen LogP contribution >= 0.6 is 31.9 Å². The van der Waals surface area contributed by atoms with E-state index >= 15 is 0 Å². The average Bonchev–Trinajstić information content (AvgIpc) is 2.56. The minimum atomic E-state index is -1.07. The molecule has 0 spiro atoms. The molecular formula is C16H15Br2NO6. The number of methoxy groups -OCH3 is 2. The van der Waals surface area contributed by atoms with Gasteiger partial charge in [-0.1, -0.05) is 31.9 Å². The number of carboxylic acid groups (broad SMARTS) is 2. The van der Waals surface area contributed by atoms with Crippen molar-refractivity contribution in [3.05, 3.63) is 50.4 Å². The molecule has 7 nitrogen and oxygen atoms in total. The van der Waals surface area contributed by atoms with E-state index in [4.69, 9.17) is 25.4 Å². The summed E-state index contributed by atoms with van der Waals surface area (Å²) in [5.41, 5.74) is 5.92. The fraction of sp³-hybridized carbons (Fsp3) is 0.125. The zero-order valence-corrected chi connectivity index (χ0v) is 16.4. The maximum Gasteiger partial charge on any atom is 0.337 e. The second-order valence-corrected chi connectivity index (χ2v) is 6.39. The van der Waals surface area contributed by atoms with Crippen molar-refractivity contribution in [2.75, 3.05) is 20.0 Å². The van der Waals surface area contributed by atoms with Gasteiger partial charge >= 0.3 is 11.9 Å². The zero-order chi connectivity index (χ0) is 19.1. The number of hydrogen-bond acceptors (Lipinski definition) is 5. The molecule has 2 aromatic carbocycles. The summed E-state index contributed by atoms with van der Waals surface area (Å²) in [6.07, 6.45) is 0. The summed E-state index contributed by atoms with van der Waals surface area (Å²) in [5.74, 6) is -1.15. The number of ether oxygens (including phenoxy) is 2. The molecule has 0 unspecified atom stereocenters. The Balaban J connectivity index is 0.000000251. The minimum absolute atomic E-state index is 0.0335. The van der Waals surface area contributed by atoms with Gasteiger partial charge in [-0.05, 0) is 30.3 Å². The Kier molecular flexibility index (Phi) is 7.72. The van der Waals surface area contributed by atoms with E-state index in [2.05, 4.69) is 31.9 Å². The summed E-state index contributed by atoms with van der Waals surface area (Å²) >= 11 is 6.34. The van der Waals surface area contributed by atoms with Gasteiger partial charge in [-0.15, -0.1) is 0 Å². The number of aromatic carboxylic acids is 2. The van der Waals surface area contributed by atoms with Crippen LogP contribution in [0.2, 0.25) is 0 Å². The Morgan fingerprint density at radius 1 is 0.920 bits per heavy atom. The monoisotopic (exact) mass is 475 g/mol. The van der Waals surface area contributed by atoms with Gasteiger partial charge in [0.1, 0.15) is 11.5 Å². The van der Waals surface area contributed by atoms with Crippen molar-refractivity contribution in [3.8, 4) is 11.5 Å². The molecule has 0 aliphatic carbocycles. The Bertz CT molecular complexity index is 794. The molecule has 2 aromatic rings. The van der Waals surface area contributed by atoms with Gasteiger partial charge in [-0.3, -0.25) is 0 Å². The van der Waals surface area contributed by atoms with Crippen molar-refractivity contribution in [2.24, 2.45) is 0 Å². The molecular weight excluding hydrogens is 462 g/mol. The van der Waals surface area contributed by atoms with Crippen molar-refractivity contribution < 1.29 is 29.3 Å². The molecule has 0 amide bonds. The van der Waals surface area contributed by atoms with Crippen molar-refractivity contribution in [1.29, 1.82) is 0 Å². The van der Waals surface area contributed by atoms with Gasteiger partial charge in [0.05, 0.1) is 31.0 Å². The second kappa shape index (κ2) is 9.28. The van der Waals surface area contributed by atoms with Crippen LogP contribution in [0.4, 0.5) is 5.69 Å². The van der Waals surface area contributed by atoms with E-state index in [-0.39, 0.29) is 16.8 Å². The number of rotatable bonds is 4. The van der Waals surface area contributed by atoms with Crippen LogP contribution in [0.25, 0.3) is 0 Å². The molecule has 0 atom stereocenters. The van der Waals surface area contributed by atoms with Gasteiger partial charge in [0.25, 0.3) is 0 Å². The third-order valence-electron chi connectivity index (χ3n) is 2.91. The molecule has 0 aliphatic rings. The number of nitrogen functional groups attached to an aromatic ring is 1. The van der Waals surface area contributed by atoms with Gasteiger partial charge < -0.3 is 25.4 Å². The number of carbonyl (C=O) groups is 2. The summed E-state index contributed by atoms with van der Waals surface area (Å²) in [6, 6.07) is 7.73. The topological polar surface area (TPSA) is 119 Å². The SMILES string of the molecule is COc1cc(Br)cc(C(=O)O)c1.COc1cc(Br)cc(C(=O)O)c1N. The second-order valence-electron chi connectivity index (χ2n) is 4.56. The number of carboxylic acids is 2.